The average Bonchev–Trinajstić information content (AvgIpc) is 2.93. The number of nitrogens with zero attached hydrogens (tertiary/aromatic N) is 1. The Hall–Kier alpha value is -1.54. The molecule has 1 aliphatic heterocycles. The SMILES string of the molecule is C=Cc1cc2ccc(C3CCCN3C)cc2[nH]1. The van der Waals surface area contributed by atoms with Crippen LogP contribution in [-0.2, 0) is 0 Å². The third kappa shape index (κ3) is 1.79. The lowest BCUT2D eigenvalue weighted by molar-refractivity contribution is 0.317. The largest absolute Gasteiger partial charge is 0.355 e. The summed E-state index contributed by atoms with van der Waals surface area (Å²) in [6.45, 7) is 5.01. The van der Waals surface area contributed by atoms with E-state index >= 15 is 0 Å². The summed E-state index contributed by atoms with van der Waals surface area (Å²) in [6.07, 6.45) is 4.44. The molecule has 0 amide bonds. The summed E-state index contributed by atoms with van der Waals surface area (Å²) in [5.41, 5.74) is 3.74. The van der Waals surface area contributed by atoms with Crippen LogP contribution in [0, 0.1) is 0 Å². The van der Waals surface area contributed by atoms with Crippen LogP contribution in [0.15, 0.2) is 30.8 Å². The van der Waals surface area contributed by atoms with Gasteiger partial charge < -0.3 is 4.98 Å². The molecule has 0 spiro atoms. The van der Waals surface area contributed by atoms with Crippen LogP contribution in [0.4, 0.5) is 0 Å². The second kappa shape index (κ2) is 4.04. The van der Waals surface area contributed by atoms with Gasteiger partial charge in [-0.3, -0.25) is 4.90 Å². The lowest BCUT2D eigenvalue weighted by atomic mass is 10.0. The first kappa shape index (κ1) is 10.6. The highest BCUT2D eigenvalue weighted by molar-refractivity contribution is 5.83. The smallest absolute Gasteiger partial charge is 0.0461 e. The van der Waals surface area contributed by atoms with Crippen molar-refractivity contribution < 1.29 is 0 Å². The van der Waals surface area contributed by atoms with Crippen molar-refractivity contribution in [1.82, 2.24) is 9.88 Å². The zero-order chi connectivity index (χ0) is 11.8. The standard InChI is InChI=1S/C15H18N2/c1-3-13-9-11-6-7-12(10-14(11)16-13)15-5-4-8-17(15)2/h3,6-7,9-10,15-16H,1,4-5,8H2,2H3. The van der Waals surface area contributed by atoms with E-state index in [-0.39, 0.29) is 0 Å². The Labute approximate surface area is 102 Å². The van der Waals surface area contributed by atoms with Crippen LogP contribution in [-0.4, -0.2) is 23.5 Å². The van der Waals surface area contributed by atoms with Crippen molar-refractivity contribution in [2.45, 2.75) is 18.9 Å². The molecule has 2 aromatic rings. The summed E-state index contributed by atoms with van der Waals surface area (Å²) >= 11 is 0. The second-order valence-corrected chi connectivity index (χ2v) is 4.91. The number of likely N-dealkylation sites (tertiary alicyclic amines) is 1. The Morgan fingerprint density at radius 1 is 1.41 bits per heavy atom. The van der Waals surface area contributed by atoms with Crippen LogP contribution >= 0.6 is 0 Å². The third-order valence-corrected chi connectivity index (χ3v) is 3.79. The molecular formula is C15H18N2. The summed E-state index contributed by atoms with van der Waals surface area (Å²) in [7, 11) is 2.21. The van der Waals surface area contributed by atoms with Gasteiger partial charge in [-0.15, -0.1) is 0 Å². The fourth-order valence-electron chi connectivity index (χ4n) is 2.82. The van der Waals surface area contributed by atoms with E-state index in [4.69, 9.17) is 0 Å². The number of aromatic amines is 1. The van der Waals surface area contributed by atoms with E-state index in [0.717, 1.165) is 5.69 Å². The van der Waals surface area contributed by atoms with Gasteiger partial charge in [0, 0.05) is 22.6 Å². The van der Waals surface area contributed by atoms with Gasteiger partial charge in [0.2, 0.25) is 0 Å². The number of aromatic nitrogens is 1. The first-order chi connectivity index (χ1) is 8.28. The molecule has 0 aliphatic carbocycles. The van der Waals surface area contributed by atoms with Crippen LogP contribution in [0.25, 0.3) is 17.0 Å². The lowest BCUT2D eigenvalue weighted by Gasteiger charge is -2.19. The molecule has 0 saturated carbocycles. The molecule has 1 aromatic carbocycles. The van der Waals surface area contributed by atoms with E-state index in [0.29, 0.717) is 6.04 Å². The minimum Gasteiger partial charge on any atom is -0.355 e. The van der Waals surface area contributed by atoms with Gasteiger partial charge in [-0.1, -0.05) is 18.7 Å². The van der Waals surface area contributed by atoms with Crippen LogP contribution < -0.4 is 0 Å². The Morgan fingerprint density at radius 3 is 3.00 bits per heavy atom. The van der Waals surface area contributed by atoms with Gasteiger partial charge in [0.05, 0.1) is 0 Å². The number of hydrogen-bond acceptors (Lipinski definition) is 1. The Balaban J connectivity index is 2.03. The summed E-state index contributed by atoms with van der Waals surface area (Å²) in [6, 6.07) is 9.49. The van der Waals surface area contributed by atoms with E-state index in [2.05, 4.69) is 47.8 Å². The molecule has 1 fully saturated rings. The molecular weight excluding hydrogens is 208 g/mol. The molecule has 0 bridgehead atoms. The van der Waals surface area contributed by atoms with Crippen LogP contribution in [0.3, 0.4) is 0 Å². The highest BCUT2D eigenvalue weighted by atomic mass is 15.1. The summed E-state index contributed by atoms with van der Waals surface area (Å²) < 4.78 is 0. The zero-order valence-electron chi connectivity index (χ0n) is 10.2. The minimum absolute atomic E-state index is 0.592. The fraction of sp³-hybridized carbons (Fsp3) is 0.333. The number of nitrogens with one attached hydrogen (secondary N) is 1. The predicted molar refractivity (Wildman–Crippen MR) is 73.0 cm³/mol. The van der Waals surface area contributed by atoms with Gasteiger partial charge in [0.15, 0.2) is 0 Å². The van der Waals surface area contributed by atoms with Gasteiger partial charge in [-0.25, -0.2) is 0 Å². The first-order valence-electron chi connectivity index (χ1n) is 6.23. The molecule has 1 aliphatic rings. The molecule has 1 aromatic heterocycles. The number of hydrogen-bond donors (Lipinski definition) is 1. The van der Waals surface area contributed by atoms with Crippen molar-refractivity contribution in [2.24, 2.45) is 0 Å². The monoisotopic (exact) mass is 226 g/mol. The molecule has 1 atom stereocenters. The van der Waals surface area contributed by atoms with Gasteiger partial charge >= 0.3 is 0 Å². The maximum Gasteiger partial charge on any atom is 0.0461 e. The third-order valence-electron chi connectivity index (χ3n) is 3.79. The van der Waals surface area contributed by atoms with E-state index in [1.165, 1.54) is 35.9 Å². The van der Waals surface area contributed by atoms with E-state index in [9.17, 15) is 0 Å². The van der Waals surface area contributed by atoms with Crippen molar-refractivity contribution in [3.05, 3.63) is 42.1 Å². The summed E-state index contributed by atoms with van der Waals surface area (Å²) in [5.74, 6) is 0. The Bertz CT molecular complexity index is 553. The minimum atomic E-state index is 0.592. The highest BCUT2D eigenvalue weighted by Gasteiger charge is 2.22. The number of H-pyrrole nitrogens is 1. The summed E-state index contributed by atoms with van der Waals surface area (Å²) in [5, 5.41) is 1.27. The molecule has 1 N–H and O–H groups in total. The van der Waals surface area contributed by atoms with Gasteiger partial charge in [-0.05, 0) is 50.2 Å². The molecule has 1 unspecified atom stereocenters. The molecule has 1 saturated heterocycles. The molecule has 2 heteroatoms. The van der Waals surface area contributed by atoms with Gasteiger partial charge in [0.1, 0.15) is 0 Å². The van der Waals surface area contributed by atoms with E-state index < -0.39 is 0 Å². The zero-order valence-corrected chi connectivity index (χ0v) is 10.2. The Kier molecular flexibility index (Phi) is 2.52. The van der Waals surface area contributed by atoms with Crippen molar-refractivity contribution in [1.29, 1.82) is 0 Å². The normalized spacial score (nSPS) is 21.1. The molecule has 0 radical (unpaired) electrons. The quantitative estimate of drug-likeness (QED) is 0.829. The van der Waals surface area contributed by atoms with Crippen LogP contribution in [0.1, 0.15) is 30.1 Å². The average molecular weight is 226 g/mol. The number of benzene rings is 1. The van der Waals surface area contributed by atoms with Crippen molar-refractivity contribution in [3.63, 3.8) is 0 Å². The molecule has 2 nitrogen and oxygen atoms in total. The second-order valence-electron chi connectivity index (χ2n) is 4.91. The molecule has 88 valence electrons. The Morgan fingerprint density at radius 2 is 2.29 bits per heavy atom. The van der Waals surface area contributed by atoms with E-state index in [1.54, 1.807) is 0 Å². The van der Waals surface area contributed by atoms with Gasteiger partial charge in [-0.2, -0.15) is 0 Å². The number of fused-ring (bicyclic) bond motifs is 1. The van der Waals surface area contributed by atoms with Crippen molar-refractivity contribution in [3.8, 4) is 0 Å². The first-order valence-corrected chi connectivity index (χ1v) is 6.23. The molecule has 17 heavy (non-hydrogen) atoms. The fourth-order valence-corrected chi connectivity index (χ4v) is 2.82. The van der Waals surface area contributed by atoms with Crippen LogP contribution in [0.5, 0.6) is 0 Å². The highest BCUT2D eigenvalue weighted by Crippen LogP contribution is 2.32. The van der Waals surface area contributed by atoms with Gasteiger partial charge in [0.25, 0.3) is 0 Å². The topological polar surface area (TPSA) is 19.0 Å². The molecule has 2 heterocycles. The predicted octanol–water partition coefficient (Wildman–Crippen LogP) is 3.58. The maximum atomic E-state index is 3.80. The van der Waals surface area contributed by atoms with Crippen molar-refractivity contribution >= 4 is 17.0 Å². The maximum absolute atomic E-state index is 3.80. The number of rotatable bonds is 2. The summed E-state index contributed by atoms with van der Waals surface area (Å²) in [4.78, 5) is 5.83. The molecule has 3 rings (SSSR count). The van der Waals surface area contributed by atoms with E-state index in [1.807, 2.05) is 6.08 Å². The lowest BCUT2D eigenvalue weighted by Crippen LogP contribution is -2.17. The van der Waals surface area contributed by atoms with Crippen LogP contribution in [0.2, 0.25) is 0 Å². The van der Waals surface area contributed by atoms with Crippen molar-refractivity contribution in [2.75, 3.05) is 13.6 Å².